The number of carbonyl (C=O) groups is 1. The summed E-state index contributed by atoms with van der Waals surface area (Å²) < 4.78 is 5.31. The molecular formula is C21H21N3O2. The molecule has 0 atom stereocenters. The lowest BCUT2D eigenvalue weighted by Crippen LogP contribution is -2.15. The molecule has 0 unspecified atom stereocenters. The molecule has 2 aromatic carbocycles. The second kappa shape index (κ2) is 8.16. The van der Waals surface area contributed by atoms with Crippen LogP contribution >= 0.6 is 0 Å². The maximum atomic E-state index is 12.2. The SMILES string of the molecule is COc1ccccc1Nc1ccc(NC(=O)Cc2ccccc2C)cn1. The Balaban J connectivity index is 1.62. The first-order valence-corrected chi connectivity index (χ1v) is 8.36. The maximum absolute atomic E-state index is 12.2. The van der Waals surface area contributed by atoms with Gasteiger partial charge in [0, 0.05) is 0 Å². The van der Waals surface area contributed by atoms with Gasteiger partial charge in [0.2, 0.25) is 5.91 Å². The van der Waals surface area contributed by atoms with Crippen molar-refractivity contribution in [2.45, 2.75) is 13.3 Å². The Labute approximate surface area is 153 Å². The van der Waals surface area contributed by atoms with Crippen molar-refractivity contribution in [2.24, 2.45) is 0 Å². The van der Waals surface area contributed by atoms with Gasteiger partial charge in [-0.3, -0.25) is 4.79 Å². The summed E-state index contributed by atoms with van der Waals surface area (Å²) >= 11 is 0. The first kappa shape index (κ1) is 17.5. The van der Waals surface area contributed by atoms with Gasteiger partial charge in [-0.05, 0) is 42.3 Å². The van der Waals surface area contributed by atoms with Crippen LogP contribution in [0.1, 0.15) is 11.1 Å². The molecule has 2 N–H and O–H groups in total. The van der Waals surface area contributed by atoms with E-state index in [9.17, 15) is 4.79 Å². The fourth-order valence-electron chi connectivity index (χ4n) is 2.61. The molecule has 0 bridgehead atoms. The molecule has 1 aromatic heterocycles. The van der Waals surface area contributed by atoms with Crippen LogP contribution in [-0.2, 0) is 11.2 Å². The predicted octanol–water partition coefficient (Wildman–Crippen LogP) is 4.32. The first-order valence-electron chi connectivity index (χ1n) is 8.36. The number of rotatable bonds is 6. The van der Waals surface area contributed by atoms with Gasteiger partial charge in [-0.15, -0.1) is 0 Å². The summed E-state index contributed by atoms with van der Waals surface area (Å²) in [6.45, 7) is 2.00. The summed E-state index contributed by atoms with van der Waals surface area (Å²) in [5.41, 5.74) is 3.62. The van der Waals surface area contributed by atoms with Crippen molar-refractivity contribution in [3.63, 3.8) is 0 Å². The molecule has 0 saturated heterocycles. The summed E-state index contributed by atoms with van der Waals surface area (Å²) in [5.74, 6) is 1.35. The molecular weight excluding hydrogens is 326 g/mol. The van der Waals surface area contributed by atoms with E-state index in [1.165, 1.54) is 0 Å². The number of anilines is 3. The van der Waals surface area contributed by atoms with E-state index in [-0.39, 0.29) is 5.91 Å². The van der Waals surface area contributed by atoms with Gasteiger partial charge in [-0.2, -0.15) is 0 Å². The number of methoxy groups -OCH3 is 1. The molecule has 0 spiro atoms. The van der Waals surface area contributed by atoms with Gasteiger partial charge in [0.05, 0.1) is 31.1 Å². The Morgan fingerprint density at radius 3 is 2.54 bits per heavy atom. The second-order valence-corrected chi connectivity index (χ2v) is 5.91. The van der Waals surface area contributed by atoms with E-state index >= 15 is 0 Å². The van der Waals surface area contributed by atoms with E-state index in [1.54, 1.807) is 13.3 Å². The lowest BCUT2D eigenvalue weighted by molar-refractivity contribution is -0.115. The van der Waals surface area contributed by atoms with Crippen LogP contribution in [0.5, 0.6) is 5.75 Å². The highest BCUT2D eigenvalue weighted by molar-refractivity contribution is 5.92. The zero-order valence-corrected chi connectivity index (χ0v) is 14.8. The third kappa shape index (κ3) is 4.39. The van der Waals surface area contributed by atoms with E-state index in [2.05, 4.69) is 15.6 Å². The van der Waals surface area contributed by atoms with Crippen LogP contribution in [0.4, 0.5) is 17.2 Å². The van der Waals surface area contributed by atoms with E-state index in [4.69, 9.17) is 4.74 Å². The normalized spacial score (nSPS) is 10.2. The number of hydrogen-bond donors (Lipinski definition) is 2. The average Bonchev–Trinajstić information content (AvgIpc) is 2.66. The van der Waals surface area contributed by atoms with E-state index < -0.39 is 0 Å². The Bertz CT molecular complexity index is 892. The van der Waals surface area contributed by atoms with Gasteiger partial charge in [0.15, 0.2) is 0 Å². The molecule has 26 heavy (non-hydrogen) atoms. The van der Waals surface area contributed by atoms with Crippen molar-refractivity contribution in [3.05, 3.63) is 78.0 Å². The van der Waals surface area contributed by atoms with Crippen LogP contribution in [0.25, 0.3) is 0 Å². The Kier molecular flexibility index (Phi) is 5.49. The Morgan fingerprint density at radius 2 is 1.81 bits per heavy atom. The molecule has 5 nitrogen and oxygen atoms in total. The number of hydrogen-bond acceptors (Lipinski definition) is 4. The number of aromatic nitrogens is 1. The Morgan fingerprint density at radius 1 is 1.04 bits per heavy atom. The third-order valence-corrected chi connectivity index (χ3v) is 4.03. The minimum atomic E-state index is -0.0634. The summed E-state index contributed by atoms with van der Waals surface area (Å²) in [6.07, 6.45) is 1.97. The monoisotopic (exact) mass is 347 g/mol. The number of aryl methyl sites for hydroxylation is 1. The van der Waals surface area contributed by atoms with Gasteiger partial charge < -0.3 is 15.4 Å². The molecule has 0 saturated carbocycles. The number of carbonyl (C=O) groups excluding carboxylic acids is 1. The van der Waals surface area contributed by atoms with Gasteiger partial charge in [0.1, 0.15) is 11.6 Å². The summed E-state index contributed by atoms with van der Waals surface area (Å²) in [4.78, 5) is 16.6. The second-order valence-electron chi connectivity index (χ2n) is 5.91. The molecule has 3 aromatic rings. The van der Waals surface area contributed by atoms with Crippen molar-refractivity contribution >= 4 is 23.1 Å². The predicted molar refractivity (Wildman–Crippen MR) is 104 cm³/mol. The number of nitrogens with one attached hydrogen (secondary N) is 2. The molecule has 0 aliphatic carbocycles. The highest BCUT2D eigenvalue weighted by Crippen LogP contribution is 2.26. The zero-order chi connectivity index (χ0) is 18.4. The highest BCUT2D eigenvalue weighted by Gasteiger charge is 2.07. The van der Waals surface area contributed by atoms with Gasteiger partial charge in [0.25, 0.3) is 0 Å². The average molecular weight is 347 g/mol. The number of nitrogens with zero attached hydrogens (tertiary/aromatic N) is 1. The van der Waals surface area contributed by atoms with Crippen LogP contribution in [0.15, 0.2) is 66.9 Å². The Hall–Kier alpha value is -3.34. The van der Waals surface area contributed by atoms with Gasteiger partial charge >= 0.3 is 0 Å². The maximum Gasteiger partial charge on any atom is 0.228 e. The molecule has 0 fully saturated rings. The molecule has 5 heteroatoms. The van der Waals surface area contributed by atoms with Crippen LogP contribution < -0.4 is 15.4 Å². The smallest absolute Gasteiger partial charge is 0.228 e. The highest BCUT2D eigenvalue weighted by atomic mass is 16.5. The fourth-order valence-corrected chi connectivity index (χ4v) is 2.61. The zero-order valence-electron chi connectivity index (χ0n) is 14.8. The molecule has 0 aliphatic heterocycles. The summed E-state index contributed by atoms with van der Waals surface area (Å²) in [5, 5.41) is 6.08. The number of benzene rings is 2. The molecule has 1 amide bonds. The van der Waals surface area contributed by atoms with Crippen LogP contribution in [0.3, 0.4) is 0 Å². The van der Waals surface area contributed by atoms with E-state index in [1.807, 2.05) is 67.6 Å². The van der Waals surface area contributed by atoms with Gasteiger partial charge in [-0.25, -0.2) is 4.98 Å². The van der Waals surface area contributed by atoms with Crippen molar-refractivity contribution in [3.8, 4) is 5.75 Å². The van der Waals surface area contributed by atoms with E-state index in [0.29, 0.717) is 17.9 Å². The number of pyridine rings is 1. The van der Waals surface area contributed by atoms with Crippen molar-refractivity contribution in [1.29, 1.82) is 0 Å². The van der Waals surface area contributed by atoms with E-state index in [0.717, 1.165) is 22.6 Å². The topological polar surface area (TPSA) is 63.2 Å². The summed E-state index contributed by atoms with van der Waals surface area (Å²) in [6, 6.07) is 19.1. The minimum absolute atomic E-state index is 0.0634. The fraction of sp³-hybridized carbons (Fsp3) is 0.143. The lowest BCUT2D eigenvalue weighted by Gasteiger charge is -2.11. The van der Waals surface area contributed by atoms with Crippen LogP contribution in [-0.4, -0.2) is 18.0 Å². The lowest BCUT2D eigenvalue weighted by atomic mass is 10.1. The molecule has 3 rings (SSSR count). The standard InChI is InChI=1S/C21H21N3O2/c1-15-7-3-4-8-16(15)13-21(25)23-17-11-12-20(22-14-17)24-18-9-5-6-10-19(18)26-2/h3-12,14H,13H2,1-2H3,(H,22,24)(H,23,25). The number of para-hydroxylation sites is 2. The van der Waals surface area contributed by atoms with Crippen molar-refractivity contribution in [2.75, 3.05) is 17.7 Å². The van der Waals surface area contributed by atoms with Crippen LogP contribution in [0, 0.1) is 6.92 Å². The van der Waals surface area contributed by atoms with Crippen molar-refractivity contribution < 1.29 is 9.53 Å². The molecule has 132 valence electrons. The molecule has 0 aliphatic rings. The molecule has 0 radical (unpaired) electrons. The first-order chi connectivity index (χ1) is 12.7. The molecule has 1 heterocycles. The number of amides is 1. The largest absolute Gasteiger partial charge is 0.495 e. The number of ether oxygens (including phenoxy) is 1. The third-order valence-electron chi connectivity index (χ3n) is 4.03. The summed E-state index contributed by atoms with van der Waals surface area (Å²) in [7, 11) is 1.63. The van der Waals surface area contributed by atoms with Crippen molar-refractivity contribution in [1.82, 2.24) is 4.98 Å². The minimum Gasteiger partial charge on any atom is -0.495 e. The van der Waals surface area contributed by atoms with Gasteiger partial charge in [-0.1, -0.05) is 36.4 Å². The quantitative estimate of drug-likeness (QED) is 0.697. The van der Waals surface area contributed by atoms with Crippen LogP contribution in [0.2, 0.25) is 0 Å².